The Morgan fingerprint density at radius 1 is 1.21 bits per heavy atom. The lowest BCUT2D eigenvalue weighted by Gasteiger charge is -2.26. The highest BCUT2D eigenvalue weighted by atomic mass is 16.5. The number of hydrogen-bond acceptors (Lipinski definition) is 6. The number of rotatable bonds is 4. The van der Waals surface area contributed by atoms with Crippen LogP contribution < -0.4 is 4.90 Å². The molecule has 1 fully saturated rings. The molecule has 4 rings (SSSR count). The highest BCUT2D eigenvalue weighted by molar-refractivity contribution is 5.89. The van der Waals surface area contributed by atoms with Crippen molar-refractivity contribution in [1.82, 2.24) is 19.6 Å². The van der Waals surface area contributed by atoms with Gasteiger partial charge in [0.2, 0.25) is 0 Å². The minimum atomic E-state index is -0.289. The molecule has 1 saturated heterocycles. The molecule has 0 unspecified atom stereocenters. The van der Waals surface area contributed by atoms with Gasteiger partial charge in [-0.15, -0.1) is 0 Å². The van der Waals surface area contributed by atoms with Gasteiger partial charge in [0.25, 0.3) is 5.78 Å². The van der Waals surface area contributed by atoms with Crippen LogP contribution in [0.1, 0.15) is 23.2 Å². The van der Waals surface area contributed by atoms with Crippen LogP contribution in [0.5, 0.6) is 0 Å². The van der Waals surface area contributed by atoms with Gasteiger partial charge in [-0.2, -0.15) is 14.6 Å². The smallest absolute Gasteiger partial charge is 0.338 e. The largest absolute Gasteiger partial charge is 0.460 e. The van der Waals surface area contributed by atoms with Gasteiger partial charge in [-0.25, -0.2) is 9.78 Å². The van der Waals surface area contributed by atoms with Crippen LogP contribution in [0.15, 0.2) is 48.9 Å². The Balaban J connectivity index is 1.49. The number of ether oxygens (including phenoxy) is 1. The molecule has 0 amide bonds. The number of carbonyl (C=O) groups excluding carboxylic acids is 1. The molecule has 0 radical (unpaired) electrons. The number of benzene rings is 1. The zero-order valence-corrected chi connectivity index (χ0v) is 13.1. The van der Waals surface area contributed by atoms with Crippen LogP contribution in [-0.4, -0.2) is 44.7 Å². The lowest BCUT2D eigenvalue weighted by atomic mass is 10.2. The molecule has 2 aromatic heterocycles. The van der Waals surface area contributed by atoms with Crippen LogP contribution in [-0.2, 0) is 4.74 Å². The molecule has 1 aliphatic rings. The molecule has 0 spiro atoms. The average molecular weight is 323 g/mol. The first-order chi connectivity index (χ1) is 11.8. The summed E-state index contributed by atoms with van der Waals surface area (Å²) in [4.78, 5) is 22.7. The molecule has 1 atom stereocenters. The fourth-order valence-electron chi connectivity index (χ4n) is 3.08. The molecule has 0 N–H and O–H groups in total. The Labute approximate surface area is 138 Å². The molecule has 7 heteroatoms. The number of hydrogen-bond donors (Lipinski definition) is 0. The van der Waals surface area contributed by atoms with Gasteiger partial charge in [0, 0.05) is 12.7 Å². The van der Waals surface area contributed by atoms with Crippen LogP contribution in [0, 0.1) is 0 Å². The van der Waals surface area contributed by atoms with Gasteiger partial charge in [-0.05, 0) is 31.0 Å². The zero-order valence-electron chi connectivity index (χ0n) is 13.1. The van der Waals surface area contributed by atoms with Gasteiger partial charge in [0.15, 0.2) is 0 Å². The predicted octanol–water partition coefficient (Wildman–Crippen LogP) is 1.95. The monoisotopic (exact) mass is 323 g/mol. The Bertz CT molecular complexity index is 848. The standard InChI is InChI=1S/C17H17N5O2/c23-16(13-5-2-1-3-6-13)24-11-14-7-4-10-21(14)15-8-9-18-17-19-12-20-22(15)17/h1-3,5-6,8-9,12,14H,4,7,10-11H2/t14-/m1/s1. The molecule has 0 saturated carbocycles. The van der Waals surface area contributed by atoms with Crippen LogP contribution in [0.2, 0.25) is 0 Å². The topological polar surface area (TPSA) is 72.6 Å². The molecular formula is C17H17N5O2. The van der Waals surface area contributed by atoms with E-state index < -0.39 is 0 Å². The van der Waals surface area contributed by atoms with Crippen molar-refractivity contribution in [2.24, 2.45) is 0 Å². The summed E-state index contributed by atoms with van der Waals surface area (Å²) in [5.41, 5.74) is 0.574. The Kier molecular flexibility index (Phi) is 3.82. The summed E-state index contributed by atoms with van der Waals surface area (Å²) >= 11 is 0. The molecule has 122 valence electrons. The van der Waals surface area contributed by atoms with Crippen molar-refractivity contribution in [2.45, 2.75) is 18.9 Å². The van der Waals surface area contributed by atoms with Crippen LogP contribution in [0.4, 0.5) is 5.82 Å². The maximum absolute atomic E-state index is 12.1. The number of aromatic nitrogens is 4. The Morgan fingerprint density at radius 3 is 2.96 bits per heavy atom. The lowest BCUT2D eigenvalue weighted by molar-refractivity contribution is 0.0482. The first kappa shape index (κ1) is 14.6. The third-order valence-electron chi connectivity index (χ3n) is 4.25. The number of carbonyl (C=O) groups is 1. The Hall–Kier alpha value is -2.96. The minimum absolute atomic E-state index is 0.132. The number of anilines is 1. The van der Waals surface area contributed by atoms with E-state index in [0.29, 0.717) is 17.9 Å². The molecule has 3 heterocycles. The second-order valence-electron chi connectivity index (χ2n) is 5.73. The van der Waals surface area contributed by atoms with E-state index in [1.807, 2.05) is 24.3 Å². The van der Waals surface area contributed by atoms with Gasteiger partial charge in [0.05, 0.1) is 11.6 Å². The van der Waals surface area contributed by atoms with Crippen molar-refractivity contribution >= 4 is 17.6 Å². The maximum atomic E-state index is 12.1. The van der Waals surface area contributed by atoms with E-state index >= 15 is 0 Å². The fraction of sp³-hybridized carbons (Fsp3) is 0.294. The van der Waals surface area contributed by atoms with E-state index in [2.05, 4.69) is 20.0 Å². The minimum Gasteiger partial charge on any atom is -0.460 e. The van der Waals surface area contributed by atoms with Gasteiger partial charge in [0.1, 0.15) is 18.8 Å². The Morgan fingerprint density at radius 2 is 2.08 bits per heavy atom. The second-order valence-corrected chi connectivity index (χ2v) is 5.73. The average Bonchev–Trinajstić information content (AvgIpc) is 3.29. The summed E-state index contributed by atoms with van der Waals surface area (Å²) in [6, 6.07) is 11.1. The van der Waals surface area contributed by atoms with E-state index in [-0.39, 0.29) is 12.0 Å². The van der Waals surface area contributed by atoms with Crippen LogP contribution in [0.3, 0.4) is 0 Å². The number of fused-ring (bicyclic) bond motifs is 1. The van der Waals surface area contributed by atoms with Crippen molar-refractivity contribution in [2.75, 3.05) is 18.1 Å². The SMILES string of the molecule is O=C(OC[C@H]1CCCN1c1ccnc2ncnn12)c1ccccc1. The molecule has 0 bridgehead atoms. The quantitative estimate of drug-likeness (QED) is 0.683. The molecule has 24 heavy (non-hydrogen) atoms. The lowest BCUT2D eigenvalue weighted by Crippen LogP contribution is -2.35. The predicted molar refractivity (Wildman–Crippen MR) is 87.9 cm³/mol. The molecule has 1 aliphatic heterocycles. The summed E-state index contributed by atoms with van der Waals surface area (Å²) in [6.07, 6.45) is 5.24. The third kappa shape index (κ3) is 2.68. The van der Waals surface area contributed by atoms with E-state index in [9.17, 15) is 4.79 Å². The van der Waals surface area contributed by atoms with E-state index in [4.69, 9.17) is 4.74 Å². The first-order valence-electron chi connectivity index (χ1n) is 7.96. The maximum Gasteiger partial charge on any atom is 0.338 e. The van der Waals surface area contributed by atoms with Crippen molar-refractivity contribution in [3.8, 4) is 0 Å². The second kappa shape index (κ2) is 6.27. The highest BCUT2D eigenvalue weighted by Crippen LogP contribution is 2.25. The van der Waals surface area contributed by atoms with Crippen LogP contribution >= 0.6 is 0 Å². The fourth-order valence-corrected chi connectivity index (χ4v) is 3.08. The molecular weight excluding hydrogens is 306 g/mol. The summed E-state index contributed by atoms with van der Waals surface area (Å²) in [7, 11) is 0. The molecule has 1 aromatic carbocycles. The summed E-state index contributed by atoms with van der Waals surface area (Å²) < 4.78 is 7.24. The van der Waals surface area contributed by atoms with Gasteiger partial charge >= 0.3 is 5.97 Å². The van der Waals surface area contributed by atoms with Crippen molar-refractivity contribution < 1.29 is 9.53 Å². The first-order valence-corrected chi connectivity index (χ1v) is 7.96. The van der Waals surface area contributed by atoms with E-state index in [1.165, 1.54) is 6.33 Å². The number of esters is 1. The summed E-state index contributed by atoms with van der Waals surface area (Å²) in [5, 5.41) is 4.23. The van der Waals surface area contributed by atoms with E-state index in [1.54, 1.807) is 22.8 Å². The van der Waals surface area contributed by atoms with Gasteiger partial charge in [-0.3, -0.25) is 0 Å². The van der Waals surface area contributed by atoms with E-state index in [0.717, 1.165) is 25.2 Å². The number of nitrogens with zero attached hydrogens (tertiary/aromatic N) is 5. The summed E-state index contributed by atoms with van der Waals surface area (Å²) in [6.45, 7) is 1.25. The van der Waals surface area contributed by atoms with Gasteiger partial charge < -0.3 is 9.64 Å². The third-order valence-corrected chi connectivity index (χ3v) is 4.25. The highest BCUT2D eigenvalue weighted by Gasteiger charge is 2.28. The molecule has 7 nitrogen and oxygen atoms in total. The summed E-state index contributed by atoms with van der Waals surface area (Å²) in [5.74, 6) is 1.21. The normalized spacial score (nSPS) is 17.3. The zero-order chi connectivity index (χ0) is 16.4. The van der Waals surface area contributed by atoms with Crippen molar-refractivity contribution in [3.63, 3.8) is 0 Å². The van der Waals surface area contributed by atoms with Crippen molar-refractivity contribution in [1.29, 1.82) is 0 Å². The van der Waals surface area contributed by atoms with Gasteiger partial charge in [-0.1, -0.05) is 18.2 Å². The van der Waals surface area contributed by atoms with Crippen LogP contribution in [0.25, 0.3) is 5.78 Å². The molecule has 3 aromatic rings. The molecule has 0 aliphatic carbocycles. The van der Waals surface area contributed by atoms with Crippen molar-refractivity contribution in [3.05, 3.63) is 54.5 Å².